The van der Waals surface area contributed by atoms with E-state index >= 15 is 0 Å². The van der Waals surface area contributed by atoms with Gasteiger partial charge >= 0.3 is 6.18 Å². The molecule has 0 radical (unpaired) electrons. The van der Waals surface area contributed by atoms with Crippen LogP contribution >= 0.6 is 0 Å². The van der Waals surface area contributed by atoms with Crippen LogP contribution in [0.2, 0.25) is 0 Å². The van der Waals surface area contributed by atoms with Gasteiger partial charge in [-0.3, -0.25) is 9.59 Å². The second kappa shape index (κ2) is 9.84. The standard InChI is InChI=1S/C27H29F3N4O2/c1-32(2)25(36)23-16-26(10-12-33(13-11-26)24(35)14-19-6-4-3-5-7-19)18-34(23)21-9-8-20(17-31)22(15-21)27(28,29)30/h3-9,15,23H,10-14,16,18H2,1-2H3. The van der Waals surface area contributed by atoms with Gasteiger partial charge in [-0.2, -0.15) is 18.4 Å². The summed E-state index contributed by atoms with van der Waals surface area (Å²) in [5.41, 5.74) is -0.498. The topological polar surface area (TPSA) is 67.7 Å². The van der Waals surface area contributed by atoms with Gasteiger partial charge in [0.2, 0.25) is 11.8 Å². The van der Waals surface area contributed by atoms with Crippen LogP contribution in [0.25, 0.3) is 0 Å². The number of nitriles is 1. The van der Waals surface area contributed by atoms with Crippen molar-refractivity contribution in [3.05, 3.63) is 65.2 Å². The summed E-state index contributed by atoms with van der Waals surface area (Å²) >= 11 is 0. The number of halogens is 3. The Hall–Kier alpha value is -3.54. The lowest BCUT2D eigenvalue weighted by Crippen LogP contribution is -2.44. The van der Waals surface area contributed by atoms with Crippen LogP contribution in [0.4, 0.5) is 18.9 Å². The molecule has 2 heterocycles. The molecular weight excluding hydrogens is 469 g/mol. The first-order valence-corrected chi connectivity index (χ1v) is 11.9. The van der Waals surface area contributed by atoms with E-state index in [9.17, 15) is 22.8 Å². The number of hydrogen-bond acceptors (Lipinski definition) is 4. The second-order valence-corrected chi connectivity index (χ2v) is 9.96. The highest BCUT2D eigenvalue weighted by atomic mass is 19.4. The Balaban J connectivity index is 1.55. The number of rotatable bonds is 4. The number of likely N-dealkylation sites (N-methyl/N-ethyl adjacent to an activating group) is 1. The highest BCUT2D eigenvalue weighted by molar-refractivity contribution is 5.86. The first-order valence-electron chi connectivity index (χ1n) is 11.9. The Bertz CT molecular complexity index is 1170. The van der Waals surface area contributed by atoms with Gasteiger partial charge in [0.15, 0.2) is 0 Å². The number of amides is 2. The lowest BCUT2D eigenvalue weighted by Gasteiger charge is -2.39. The number of likely N-dealkylation sites (tertiary alicyclic amines) is 1. The normalized spacial score (nSPS) is 19.3. The minimum atomic E-state index is -4.68. The molecule has 2 fully saturated rings. The van der Waals surface area contributed by atoms with Crippen molar-refractivity contribution in [1.29, 1.82) is 5.26 Å². The van der Waals surface area contributed by atoms with Gasteiger partial charge < -0.3 is 14.7 Å². The summed E-state index contributed by atoms with van der Waals surface area (Å²) in [7, 11) is 3.27. The largest absolute Gasteiger partial charge is 0.417 e. The third-order valence-corrected chi connectivity index (χ3v) is 7.37. The monoisotopic (exact) mass is 498 g/mol. The molecule has 2 aromatic carbocycles. The molecule has 1 spiro atoms. The Labute approximate surface area is 208 Å². The SMILES string of the molecule is CN(C)C(=O)C1CC2(CCN(C(=O)Cc3ccccc3)CC2)CN1c1ccc(C#N)c(C(F)(F)F)c1. The molecule has 2 saturated heterocycles. The first kappa shape index (κ1) is 25.5. The van der Waals surface area contributed by atoms with Crippen molar-refractivity contribution in [3.63, 3.8) is 0 Å². The zero-order chi connectivity index (χ0) is 26.1. The summed E-state index contributed by atoms with van der Waals surface area (Å²) in [4.78, 5) is 31.0. The van der Waals surface area contributed by atoms with E-state index in [1.165, 1.54) is 17.0 Å². The van der Waals surface area contributed by atoms with E-state index in [0.29, 0.717) is 45.3 Å². The number of carbonyl (C=O) groups excluding carboxylic acids is 2. The third kappa shape index (κ3) is 5.18. The van der Waals surface area contributed by atoms with Crippen molar-refractivity contribution >= 4 is 17.5 Å². The Morgan fingerprint density at radius 3 is 2.36 bits per heavy atom. The minimum absolute atomic E-state index is 0.0498. The Morgan fingerprint density at radius 2 is 1.78 bits per heavy atom. The van der Waals surface area contributed by atoms with Crippen molar-refractivity contribution in [2.75, 3.05) is 38.6 Å². The van der Waals surface area contributed by atoms with Gasteiger partial charge in [0, 0.05) is 39.4 Å². The number of hydrogen-bond donors (Lipinski definition) is 0. The minimum Gasteiger partial charge on any atom is -0.359 e. The van der Waals surface area contributed by atoms with Crippen LogP contribution in [0, 0.1) is 16.7 Å². The fourth-order valence-corrected chi connectivity index (χ4v) is 5.36. The molecule has 0 saturated carbocycles. The Morgan fingerprint density at radius 1 is 1.11 bits per heavy atom. The maximum absolute atomic E-state index is 13.6. The number of benzene rings is 2. The predicted molar refractivity (Wildman–Crippen MR) is 129 cm³/mol. The molecule has 0 bridgehead atoms. The molecule has 2 aliphatic heterocycles. The van der Waals surface area contributed by atoms with Gasteiger partial charge in [-0.25, -0.2) is 0 Å². The Kier molecular flexibility index (Phi) is 6.98. The van der Waals surface area contributed by atoms with Crippen molar-refractivity contribution < 1.29 is 22.8 Å². The van der Waals surface area contributed by atoms with Crippen molar-refractivity contribution in [2.45, 2.75) is 37.9 Å². The summed E-state index contributed by atoms with van der Waals surface area (Å²) in [5.74, 6) is -0.124. The highest BCUT2D eigenvalue weighted by Gasteiger charge is 2.49. The van der Waals surface area contributed by atoms with Gasteiger partial charge in [0.05, 0.1) is 23.6 Å². The number of alkyl halides is 3. The lowest BCUT2D eigenvalue weighted by atomic mass is 9.76. The number of anilines is 1. The maximum Gasteiger partial charge on any atom is 0.417 e. The summed E-state index contributed by atoms with van der Waals surface area (Å²) in [6, 6.07) is 14.2. The number of carbonyl (C=O) groups is 2. The third-order valence-electron chi connectivity index (χ3n) is 7.37. The molecule has 0 aromatic heterocycles. The average Bonchev–Trinajstić information content (AvgIpc) is 3.22. The van der Waals surface area contributed by atoms with Crippen LogP contribution in [-0.2, 0) is 22.2 Å². The zero-order valence-electron chi connectivity index (χ0n) is 20.4. The summed E-state index contributed by atoms with van der Waals surface area (Å²) in [5, 5.41) is 9.16. The quantitative estimate of drug-likeness (QED) is 0.637. The van der Waals surface area contributed by atoms with Crippen molar-refractivity contribution in [1.82, 2.24) is 9.80 Å². The molecule has 6 nitrogen and oxygen atoms in total. The number of piperidine rings is 1. The molecular formula is C27H29F3N4O2. The summed E-state index contributed by atoms with van der Waals surface area (Å²) in [6.07, 6.45) is -2.50. The van der Waals surface area contributed by atoms with E-state index in [1.807, 2.05) is 35.2 Å². The van der Waals surface area contributed by atoms with E-state index in [2.05, 4.69) is 0 Å². The van der Waals surface area contributed by atoms with E-state index in [0.717, 1.165) is 11.6 Å². The second-order valence-electron chi connectivity index (χ2n) is 9.96. The number of nitrogens with zero attached hydrogens (tertiary/aromatic N) is 4. The first-order chi connectivity index (χ1) is 17.0. The van der Waals surface area contributed by atoms with Crippen molar-refractivity contribution in [2.24, 2.45) is 5.41 Å². The van der Waals surface area contributed by atoms with Gasteiger partial charge in [0.25, 0.3) is 0 Å². The molecule has 2 amide bonds. The zero-order valence-corrected chi connectivity index (χ0v) is 20.4. The molecule has 2 aliphatic rings. The smallest absolute Gasteiger partial charge is 0.359 e. The molecule has 2 aromatic rings. The van der Waals surface area contributed by atoms with Gasteiger partial charge in [-0.15, -0.1) is 0 Å². The molecule has 0 aliphatic carbocycles. The molecule has 36 heavy (non-hydrogen) atoms. The summed E-state index contributed by atoms with van der Waals surface area (Å²) < 4.78 is 40.9. The van der Waals surface area contributed by atoms with Crippen LogP contribution in [0.1, 0.15) is 36.0 Å². The van der Waals surface area contributed by atoms with Crippen molar-refractivity contribution in [3.8, 4) is 6.07 Å². The van der Waals surface area contributed by atoms with Crippen LogP contribution in [0.5, 0.6) is 0 Å². The predicted octanol–water partition coefficient (Wildman–Crippen LogP) is 4.10. The average molecular weight is 499 g/mol. The van der Waals surface area contributed by atoms with Gasteiger partial charge in [-0.1, -0.05) is 30.3 Å². The maximum atomic E-state index is 13.6. The van der Waals surface area contributed by atoms with E-state index in [-0.39, 0.29) is 22.9 Å². The van der Waals surface area contributed by atoms with E-state index < -0.39 is 23.3 Å². The van der Waals surface area contributed by atoms with Crippen LogP contribution in [-0.4, -0.2) is 61.4 Å². The molecule has 4 rings (SSSR count). The van der Waals surface area contributed by atoms with Crippen LogP contribution in [0.3, 0.4) is 0 Å². The van der Waals surface area contributed by atoms with Crippen LogP contribution < -0.4 is 4.90 Å². The molecule has 1 unspecified atom stereocenters. The fraction of sp³-hybridized carbons (Fsp3) is 0.444. The fourth-order valence-electron chi connectivity index (χ4n) is 5.36. The molecule has 0 N–H and O–H groups in total. The lowest BCUT2D eigenvalue weighted by molar-refractivity contribution is -0.137. The van der Waals surface area contributed by atoms with Gasteiger partial charge in [-0.05, 0) is 48.4 Å². The van der Waals surface area contributed by atoms with E-state index in [1.54, 1.807) is 25.1 Å². The molecule has 9 heteroatoms. The van der Waals surface area contributed by atoms with Gasteiger partial charge in [0.1, 0.15) is 6.04 Å². The van der Waals surface area contributed by atoms with E-state index in [4.69, 9.17) is 5.26 Å². The van der Waals surface area contributed by atoms with Crippen LogP contribution in [0.15, 0.2) is 48.5 Å². The summed E-state index contributed by atoms with van der Waals surface area (Å²) in [6.45, 7) is 1.51. The highest BCUT2D eigenvalue weighted by Crippen LogP contribution is 2.46. The molecule has 190 valence electrons. The molecule has 1 atom stereocenters.